The highest BCUT2D eigenvalue weighted by atomic mass is 16.6. The highest BCUT2D eigenvalue weighted by Gasteiger charge is 2.19. The van der Waals surface area contributed by atoms with Crippen molar-refractivity contribution in [1.29, 1.82) is 0 Å². The first kappa shape index (κ1) is 62.6. The Kier molecular flexibility index (Phi) is 52.3. The molecule has 0 radical (unpaired) electrons. The minimum absolute atomic E-state index is 0.0795. The van der Waals surface area contributed by atoms with Crippen molar-refractivity contribution >= 4 is 17.9 Å². The molecule has 0 aliphatic heterocycles. The van der Waals surface area contributed by atoms with E-state index >= 15 is 0 Å². The summed E-state index contributed by atoms with van der Waals surface area (Å²) in [4.78, 5) is 38.0. The topological polar surface area (TPSA) is 78.9 Å². The summed E-state index contributed by atoms with van der Waals surface area (Å²) in [6.07, 6.45) is 64.3. The molecule has 6 heteroatoms. The van der Waals surface area contributed by atoms with Gasteiger partial charge in [0, 0.05) is 19.3 Å². The summed E-state index contributed by atoms with van der Waals surface area (Å²) < 4.78 is 16.8. The summed E-state index contributed by atoms with van der Waals surface area (Å²) in [5.74, 6) is -0.904. The van der Waals surface area contributed by atoms with Crippen molar-refractivity contribution in [2.45, 2.75) is 309 Å². The number of ether oxygens (including phenoxy) is 3. The Morgan fingerprint density at radius 2 is 0.554 bits per heavy atom. The van der Waals surface area contributed by atoms with E-state index in [1.54, 1.807) is 0 Å². The van der Waals surface area contributed by atoms with Gasteiger partial charge in [0.15, 0.2) is 6.10 Å². The predicted octanol–water partition coefficient (Wildman–Crippen LogP) is 18.9. The second kappa shape index (κ2) is 54.2. The molecule has 65 heavy (non-hydrogen) atoms. The molecule has 0 bridgehead atoms. The average Bonchev–Trinajstić information content (AvgIpc) is 3.30. The number of carbonyl (C=O) groups excluding carboxylic acids is 3. The number of unbranched alkanes of at least 4 members (excludes halogenated alkanes) is 35. The smallest absolute Gasteiger partial charge is 0.306 e. The van der Waals surface area contributed by atoms with Crippen LogP contribution >= 0.6 is 0 Å². The van der Waals surface area contributed by atoms with E-state index in [9.17, 15) is 14.4 Å². The average molecular weight is 914 g/mol. The molecule has 0 aliphatic rings. The van der Waals surface area contributed by atoms with E-state index < -0.39 is 6.10 Å². The molecule has 380 valence electrons. The third kappa shape index (κ3) is 52.5. The van der Waals surface area contributed by atoms with Crippen LogP contribution < -0.4 is 0 Å². The number of rotatable bonds is 52. The third-order valence-electron chi connectivity index (χ3n) is 12.6. The molecular weight excluding hydrogens is 805 g/mol. The van der Waals surface area contributed by atoms with E-state index in [0.717, 1.165) is 70.6 Å². The summed E-state index contributed by atoms with van der Waals surface area (Å²) >= 11 is 0. The molecule has 0 heterocycles. The quantitative estimate of drug-likeness (QED) is 0.0262. The van der Waals surface area contributed by atoms with Crippen LogP contribution in [0.3, 0.4) is 0 Å². The van der Waals surface area contributed by atoms with E-state index in [2.05, 4.69) is 57.2 Å². The minimum Gasteiger partial charge on any atom is -0.462 e. The molecule has 6 nitrogen and oxygen atoms in total. The molecule has 0 saturated heterocycles. The Hall–Kier alpha value is -2.37. The number of allylic oxidation sites excluding steroid dienone is 6. The fourth-order valence-electron chi connectivity index (χ4n) is 8.33. The molecule has 0 aliphatic carbocycles. The molecule has 0 rings (SSSR count). The first-order chi connectivity index (χ1) is 32.0. The van der Waals surface area contributed by atoms with Crippen LogP contribution in [0, 0.1) is 0 Å². The molecule has 0 aromatic carbocycles. The summed E-state index contributed by atoms with van der Waals surface area (Å²) in [5, 5.41) is 0. The Morgan fingerprint density at radius 3 is 0.892 bits per heavy atom. The SMILES string of the molecule is CCCCC/C=C\C/C=C\C/C=C\CCCCC(=O)OC[C@H](COC(=O)CCCCCCCCCCCCCCCCCCCCCCC)OC(=O)CCCCCCCCCCCCC. The van der Waals surface area contributed by atoms with Gasteiger partial charge in [-0.2, -0.15) is 0 Å². The first-order valence-electron chi connectivity index (χ1n) is 28.5. The number of hydrogen-bond acceptors (Lipinski definition) is 6. The van der Waals surface area contributed by atoms with Crippen LogP contribution in [-0.4, -0.2) is 37.2 Å². The van der Waals surface area contributed by atoms with Crippen molar-refractivity contribution in [3.05, 3.63) is 36.5 Å². The van der Waals surface area contributed by atoms with Crippen LogP contribution in [0.1, 0.15) is 303 Å². The van der Waals surface area contributed by atoms with E-state index in [0.29, 0.717) is 19.3 Å². The fourth-order valence-corrected chi connectivity index (χ4v) is 8.33. The van der Waals surface area contributed by atoms with Gasteiger partial charge in [-0.05, 0) is 57.8 Å². The molecule has 1 atom stereocenters. The molecule has 0 fully saturated rings. The number of esters is 3. The zero-order chi connectivity index (χ0) is 47.2. The third-order valence-corrected chi connectivity index (χ3v) is 12.6. The number of carbonyl (C=O) groups is 3. The zero-order valence-corrected chi connectivity index (χ0v) is 43.5. The molecule has 0 amide bonds. The molecular formula is C59H108O6. The van der Waals surface area contributed by atoms with Crippen molar-refractivity contribution < 1.29 is 28.6 Å². The van der Waals surface area contributed by atoms with Gasteiger partial charge in [0.25, 0.3) is 0 Å². The summed E-state index contributed by atoms with van der Waals surface area (Å²) in [6.45, 7) is 6.61. The van der Waals surface area contributed by atoms with Gasteiger partial charge in [-0.15, -0.1) is 0 Å². The summed E-state index contributed by atoms with van der Waals surface area (Å²) in [6, 6.07) is 0. The maximum absolute atomic E-state index is 12.8. The molecule has 0 aromatic rings. The van der Waals surface area contributed by atoms with Crippen molar-refractivity contribution in [2.24, 2.45) is 0 Å². The highest BCUT2D eigenvalue weighted by Crippen LogP contribution is 2.17. The van der Waals surface area contributed by atoms with Gasteiger partial charge in [-0.1, -0.05) is 263 Å². The van der Waals surface area contributed by atoms with Gasteiger partial charge in [-0.25, -0.2) is 0 Å². The Morgan fingerprint density at radius 1 is 0.308 bits per heavy atom. The molecule has 0 N–H and O–H groups in total. The van der Waals surface area contributed by atoms with Gasteiger partial charge in [-0.3, -0.25) is 14.4 Å². The zero-order valence-electron chi connectivity index (χ0n) is 43.5. The monoisotopic (exact) mass is 913 g/mol. The minimum atomic E-state index is -0.782. The van der Waals surface area contributed by atoms with Gasteiger partial charge in [0.1, 0.15) is 13.2 Å². The van der Waals surface area contributed by atoms with Crippen molar-refractivity contribution in [3.63, 3.8) is 0 Å². The van der Waals surface area contributed by atoms with Gasteiger partial charge in [0.05, 0.1) is 0 Å². The van der Waals surface area contributed by atoms with Gasteiger partial charge in [0.2, 0.25) is 0 Å². The maximum Gasteiger partial charge on any atom is 0.306 e. The number of hydrogen-bond donors (Lipinski definition) is 0. The molecule has 0 unspecified atom stereocenters. The van der Waals surface area contributed by atoms with Crippen LogP contribution in [-0.2, 0) is 28.6 Å². The Labute approximate surface area is 404 Å². The highest BCUT2D eigenvalue weighted by molar-refractivity contribution is 5.71. The lowest BCUT2D eigenvalue weighted by Crippen LogP contribution is -2.30. The second-order valence-electron chi connectivity index (χ2n) is 19.2. The normalized spacial score (nSPS) is 12.2. The van der Waals surface area contributed by atoms with Crippen LogP contribution in [0.25, 0.3) is 0 Å². The lowest BCUT2D eigenvalue weighted by molar-refractivity contribution is -0.167. The van der Waals surface area contributed by atoms with Crippen molar-refractivity contribution in [3.8, 4) is 0 Å². The summed E-state index contributed by atoms with van der Waals surface area (Å²) in [5.41, 5.74) is 0. The van der Waals surface area contributed by atoms with Crippen molar-refractivity contribution in [1.82, 2.24) is 0 Å². The largest absolute Gasteiger partial charge is 0.462 e. The van der Waals surface area contributed by atoms with Crippen LogP contribution in [0.5, 0.6) is 0 Å². The van der Waals surface area contributed by atoms with Crippen LogP contribution in [0.15, 0.2) is 36.5 Å². The summed E-state index contributed by atoms with van der Waals surface area (Å²) in [7, 11) is 0. The Balaban J connectivity index is 4.28. The molecule has 0 saturated carbocycles. The fraction of sp³-hybridized carbons (Fsp3) is 0.847. The predicted molar refractivity (Wildman–Crippen MR) is 279 cm³/mol. The van der Waals surface area contributed by atoms with E-state index in [4.69, 9.17) is 14.2 Å². The lowest BCUT2D eigenvalue weighted by atomic mass is 10.0. The maximum atomic E-state index is 12.8. The van der Waals surface area contributed by atoms with E-state index in [-0.39, 0.29) is 31.1 Å². The standard InChI is InChI=1S/C59H108O6/c1-4-7-10-13-16-19-22-24-26-27-28-29-30-31-33-35-38-40-43-46-49-52-58(61)64-55-56(65-59(62)53-50-47-44-41-36-21-18-15-12-9-6-3)54-63-57(60)51-48-45-42-39-37-34-32-25-23-20-17-14-11-8-5-2/h17,20,25,32,37,39,56H,4-16,18-19,21-24,26-31,33-36,38,40-55H2,1-3H3/b20-17-,32-25-,39-37-/t56-/m1/s1. The lowest BCUT2D eigenvalue weighted by Gasteiger charge is -2.18. The van der Waals surface area contributed by atoms with Crippen LogP contribution in [0.4, 0.5) is 0 Å². The van der Waals surface area contributed by atoms with Crippen molar-refractivity contribution in [2.75, 3.05) is 13.2 Å². The Bertz CT molecular complexity index is 1090. The van der Waals surface area contributed by atoms with Crippen LogP contribution in [0.2, 0.25) is 0 Å². The van der Waals surface area contributed by atoms with E-state index in [1.807, 2.05) is 0 Å². The second-order valence-corrected chi connectivity index (χ2v) is 19.2. The van der Waals surface area contributed by atoms with Gasteiger partial charge >= 0.3 is 17.9 Å². The molecule has 0 spiro atoms. The van der Waals surface area contributed by atoms with Gasteiger partial charge < -0.3 is 14.2 Å². The van der Waals surface area contributed by atoms with E-state index in [1.165, 1.54) is 193 Å². The molecule has 0 aromatic heterocycles. The first-order valence-corrected chi connectivity index (χ1v) is 28.5.